The highest BCUT2D eigenvalue weighted by atomic mass is 35.5. The minimum absolute atomic E-state index is 0.203. The van der Waals surface area contributed by atoms with E-state index in [-0.39, 0.29) is 16.9 Å². The summed E-state index contributed by atoms with van der Waals surface area (Å²) in [7, 11) is 0. The first-order valence-corrected chi connectivity index (χ1v) is 6.60. The lowest BCUT2D eigenvalue weighted by Gasteiger charge is -2.21. The molecule has 0 aliphatic rings. The van der Waals surface area contributed by atoms with Crippen LogP contribution in [0.4, 0.5) is 4.39 Å². The Balaban J connectivity index is 2.83. The van der Waals surface area contributed by atoms with Gasteiger partial charge in [-0.25, -0.2) is 4.39 Å². The third kappa shape index (κ3) is 4.64. The van der Waals surface area contributed by atoms with Crippen molar-refractivity contribution in [3.63, 3.8) is 0 Å². The molecule has 0 saturated carbocycles. The van der Waals surface area contributed by atoms with Crippen LogP contribution in [0.15, 0.2) is 18.2 Å². The Morgan fingerprint density at radius 1 is 1.35 bits per heavy atom. The van der Waals surface area contributed by atoms with E-state index in [1.807, 2.05) is 6.07 Å². The quantitative estimate of drug-likeness (QED) is 0.787. The lowest BCUT2D eigenvalue weighted by molar-refractivity contribution is 0.430. The summed E-state index contributed by atoms with van der Waals surface area (Å²) in [6.07, 6.45) is 2.12. The number of rotatable bonds is 6. The first kappa shape index (κ1) is 14.5. The Morgan fingerprint density at radius 2 is 2.06 bits per heavy atom. The SMILES string of the molecule is CCCNC(CC(C)C)c1ccc(F)c(Cl)c1. The average molecular weight is 258 g/mol. The van der Waals surface area contributed by atoms with E-state index in [9.17, 15) is 4.39 Å². The molecule has 0 radical (unpaired) electrons. The zero-order chi connectivity index (χ0) is 12.8. The number of halogens is 2. The van der Waals surface area contributed by atoms with Gasteiger partial charge >= 0.3 is 0 Å². The van der Waals surface area contributed by atoms with Gasteiger partial charge in [-0.3, -0.25) is 0 Å². The Labute approximate surface area is 108 Å². The Hall–Kier alpha value is -0.600. The van der Waals surface area contributed by atoms with Crippen LogP contribution in [-0.4, -0.2) is 6.54 Å². The first-order chi connectivity index (χ1) is 8.04. The van der Waals surface area contributed by atoms with Crippen molar-refractivity contribution in [3.05, 3.63) is 34.6 Å². The summed E-state index contributed by atoms with van der Waals surface area (Å²) in [6, 6.07) is 5.25. The molecule has 0 heterocycles. The molecule has 1 rings (SSSR count). The van der Waals surface area contributed by atoms with Gasteiger partial charge in [0.2, 0.25) is 0 Å². The second-order valence-corrected chi connectivity index (χ2v) is 5.22. The second kappa shape index (κ2) is 6.97. The van der Waals surface area contributed by atoms with E-state index >= 15 is 0 Å². The predicted molar refractivity (Wildman–Crippen MR) is 71.9 cm³/mol. The van der Waals surface area contributed by atoms with Crippen molar-refractivity contribution in [1.29, 1.82) is 0 Å². The van der Waals surface area contributed by atoms with E-state index in [0.717, 1.165) is 24.9 Å². The molecule has 3 heteroatoms. The van der Waals surface area contributed by atoms with Crippen molar-refractivity contribution in [3.8, 4) is 0 Å². The van der Waals surface area contributed by atoms with Crippen LogP contribution in [0.5, 0.6) is 0 Å². The predicted octanol–water partition coefficient (Wildman–Crippen LogP) is 4.57. The highest BCUT2D eigenvalue weighted by Gasteiger charge is 2.13. The summed E-state index contributed by atoms with van der Waals surface area (Å²) < 4.78 is 13.1. The first-order valence-electron chi connectivity index (χ1n) is 6.23. The maximum atomic E-state index is 13.1. The highest BCUT2D eigenvalue weighted by Crippen LogP contribution is 2.25. The highest BCUT2D eigenvalue weighted by molar-refractivity contribution is 6.30. The fourth-order valence-corrected chi connectivity index (χ4v) is 2.05. The van der Waals surface area contributed by atoms with Crippen molar-refractivity contribution in [2.24, 2.45) is 5.92 Å². The monoisotopic (exact) mass is 257 g/mol. The van der Waals surface area contributed by atoms with Crippen LogP contribution in [0.25, 0.3) is 0 Å². The molecule has 1 unspecified atom stereocenters. The van der Waals surface area contributed by atoms with Gasteiger partial charge in [-0.1, -0.05) is 38.4 Å². The molecule has 0 bridgehead atoms. The van der Waals surface area contributed by atoms with Crippen molar-refractivity contribution < 1.29 is 4.39 Å². The Bertz CT molecular complexity index is 352. The number of nitrogens with one attached hydrogen (secondary N) is 1. The zero-order valence-corrected chi connectivity index (χ0v) is 11.5. The molecule has 0 saturated heterocycles. The van der Waals surface area contributed by atoms with Crippen molar-refractivity contribution in [1.82, 2.24) is 5.32 Å². The molecule has 1 nitrogen and oxygen atoms in total. The average Bonchev–Trinajstić information content (AvgIpc) is 2.27. The summed E-state index contributed by atoms with van der Waals surface area (Å²) >= 11 is 5.83. The summed E-state index contributed by atoms with van der Waals surface area (Å²) in [5.41, 5.74) is 1.07. The van der Waals surface area contributed by atoms with E-state index in [1.54, 1.807) is 6.07 Å². The Kier molecular flexibility index (Phi) is 5.93. The van der Waals surface area contributed by atoms with E-state index in [2.05, 4.69) is 26.1 Å². The molecule has 0 aliphatic heterocycles. The molecule has 0 aromatic heterocycles. The van der Waals surface area contributed by atoms with Crippen LogP contribution in [-0.2, 0) is 0 Å². The van der Waals surface area contributed by atoms with Gasteiger partial charge in [-0.2, -0.15) is 0 Å². The molecule has 96 valence electrons. The molecule has 1 aromatic rings. The van der Waals surface area contributed by atoms with Crippen LogP contribution >= 0.6 is 11.6 Å². The maximum Gasteiger partial charge on any atom is 0.141 e. The van der Waals surface area contributed by atoms with Crippen molar-refractivity contribution in [2.45, 2.75) is 39.7 Å². The third-order valence-electron chi connectivity index (χ3n) is 2.69. The summed E-state index contributed by atoms with van der Waals surface area (Å²) in [5, 5.41) is 3.69. The van der Waals surface area contributed by atoms with Crippen LogP contribution < -0.4 is 5.32 Å². The zero-order valence-electron chi connectivity index (χ0n) is 10.8. The van der Waals surface area contributed by atoms with Gasteiger partial charge in [0.05, 0.1) is 5.02 Å². The van der Waals surface area contributed by atoms with Crippen molar-refractivity contribution in [2.75, 3.05) is 6.54 Å². The fraction of sp³-hybridized carbons (Fsp3) is 0.571. The van der Waals surface area contributed by atoms with E-state index in [1.165, 1.54) is 6.07 Å². The van der Waals surface area contributed by atoms with Gasteiger partial charge in [0.1, 0.15) is 5.82 Å². The normalized spacial score (nSPS) is 13.1. The number of benzene rings is 1. The summed E-state index contributed by atoms with van der Waals surface area (Å²) in [5.74, 6) is 0.238. The molecule has 1 aromatic carbocycles. The topological polar surface area (TPSA) is 12.0 Å². The largest absolute Gasteiger partial charge is 0.310 e. The molecule has 0 aliphatic carbocycles. The number of hydrogen-bond donors (Lipinski definition) is 1. The van der Waals surface area contributed by atoms with Gasteiger partial charge in [-0.05, 0) is 43.0 Å². The van der Waals surface area contributed by atoms with Crippen LogP contribution in [0, 0.1) is 11.7 Å². The summed E-state index contributed by atoms with van der Waals surface area (Å²) in [6.45, 7) is 7.47. The summed E-state index contributed by atoms with van der Waals surface area (Å²) in [4.78, 5) is 0. The smallest absolute Gasteiger partial charge is 0.141 e. The van der Waals surface area contributed by atoms with Gasteiger partial charge in [0.15, 0.2) is 0 Å². The van der Waals surface area contributed by atoms with Crippen LogP contribution in [0.1, 0.15) is 45.2 Å². The molecule has 0 spiro atoms. The van der Waals surface area contributed by atoms with Gasteiger partial charge in [-0.15, -0.1) is 0 Å². The molecular weight excluding hydrogens is 237 g/mol. The standard InChI is InChI=1S/C14H21ClFN/c1-4-7-17-14(8-10(2)3)11-5-6-13(16)12(15)9-11/h5-6,9-10,14,17H,4,7-8H2,1-3H3. The van der Waals surface area contributed by atoms with Gasteiger partial charge in [0.25, 0.3) is 0 Å². The fourth-order valence-electron chi connectivity index (χ4n) is 1.86. The molecular formula is C14H21ClFN. The molecule has 0 amide bonds. The minimum atomic E-state index is -0.353. The Morgan fingerprint density at radius 3 is 2.59 bits per heavy atom. The van der Waals surface area contributed by atoms with Gasteiger partial charge < -0.3 is 5.32 Å². The molecule has 17 heavy (non-hydrogen) atoms. The molecule has 1 atom stereocenters. The molecule has 0 fully saturated rings. The van der Waals surface area contributed by atoms with Crippen molar-refractivity contribution >= 4 is 11.6 Å². The van der Waals surface area contributed by atoms with Crippen LogP contribution in [0.2, 0.25) is 5.02 Å². The lowest BCUT2D eigenvalue weighted by Crippen LogP contribution is -2.23. The van der Waals surface area contributed by atoms with Crippen LogP contribution in [0.3, 0.4) is 0 Å². The number of hydrogen-bond acceptors (Lipinski definition) is 1. The maximum absolute atomic E-state index is 13.1. The van der Waals surface area contributed by atoms with E-state index in [0.29, 0.717) is 5.92 Å². The van der Waals surface area contributed by atoms with Gasteiger partial charge in [0, 0.05) is 6.04 Å². The third-order valence-corrected chi connectivity index (χ3v) is 2.98. The second-order valence-electron chi connectivity index (χ2n) is 4.81. The minimum Gasteiger partial charge on any atom is -0.310 e. The van der Waals surface area contributed by atoms with E-state index < -0.39 is 0 Å². The lowest BCUT2D eigenvalue weighted by atomic mass is 9.97. The van der Waals surface area contributed by atoms with E-state index in [4.69, 9.17) is 11.6 Å². The molecule has 1 N–H and O–H groups in total.